The Morgan fingerprint density at radius 3 is 2.52 bits per heavy atom. The van der Waals surface area contributed by atoms with Gasteiger partial charge < -0.3 is 4.74 Å². The fraction of sp³-hybridized carbons (Fsp3) is 0.667. The molecule has 1 fully saturated rings. The maximum atomic E-state index is 6.02. The van der Waals surface area contributed by atoms with E-state index < -0.39 is 0 Å². The molecule has 1 atom stereocenters. The molecule has 3 heteroatoms. The molecule has 1 unspecified atom stereocenters. The minimum Gasteiger partial charge on any atom is -0.376 e. The highest BCUT2D eigenvalue weighted by atomic mass is 16.5. The monoisotopic (exact) mass is 290 g/mol. The first kappa shape index (κ1) is 16.5. The Morgan fingerprint density at radius 2 is 1.95 bits per heavy atom. The summed E-state index contributed by atoms with van der Waals surface area (Å²) >= 11 is 0. The van der Waals surface area contributed by atoms with Crippen LogP contribution < -0.4 is 11.3 Å². The van der Waals surface area contributed by atoms with E-state index in [0.717, 1.165) is 19.3 Å². The first-order valence-corrected chi connectivity index (χ1v) is 8.36. The number of aryl methyl sites for hydroxylation is 1. The van der Waals surface area contributed by atoms with Gasteiger partial charge in [-0.2, -0.15) is 0 Å². The molecule has 0 amide bonds. The summed E-state index contributed by atoms with van der Waals surface area (Å²) in [4.78, 5) is 0. The molecule has 2 rings (SSSR count). The lowest BCUT2D eigenvalue weighted by molar-refractivity contribution is -0.0541. The zero-order valence-corrected chi connectivity index (χ0v) is 13.5. The van der Waals surface area contributed by atoms with Crippen LogP contribution in [0.25, 0.3) is 0 Å². The van der Waals surface area contributed by atoms with Crippen molar-refractivity contribution in [1.29, 1.82) is 0 Å². The fourth-order valence-electron chi connectivity index (χ4n) is 3.71. The third kappa shape index (κ3) is 3.85. The standard InChI is InChI=1S/C18H30N2O/c1-3-9-15-10-8-11-16(14-15)17(20-19)18(21-2)12-6-4-5-7-13-18/h8,10-11,14,17,20H,3-7,9,12-13,19H2,1-2H3. The molecule has 118 valence electrons. The van der Waals surface area contributed by atoms with Crippen molar-refractivity contribution in [2.45, 2.75) is 69.9 Å². The van der Waals surface area contributed by atoms with E-state index in [9.17, 15) is 0 Å². The highest BCUT2D eigenvalue weighted by Crippen LogP contribution is 2.40. The van der Waals surface area contributed by atoms with E-state index in [2.05, 4.69) is 36.6 Å². The number of rotatable bonds is 6. The molecule has 0 heterocycles. The summed E-state index contributed by atoms with van der Waals surface area (Å²) < 4.78 is 6.02. The summed E-state index contributed by atoms with van der Waals surface area (Å²) in [7, 11) is 1.84. The largest absolute Gasteiger partial charge is 0.376 e. The van der Waals surface area contributed by atoms with Gasteiger partial charge in [-0.15, -0.1) is 0 Å². The number of methoxy groups -OCH3 is 1. The number of hydrazine groups is 1. The normalized spacial score (nSPS) is 20.0. The van der Waals surface area contributed by atoms with Crippen molar-refractivity contribution in [1.82, 2.24) is 5.43 Å². The number of nitrogens with two attached hydrogens (primary N) is 1. The average molecular weight is 290 g/mol. The topological polar surface area (TPSA) is 47.3 Å². The van der Waals surface area contributed by atoms with E-state index in [1.54, 1.807) is 0 Å². The second kappa shape index (κ2) is 7.92. The van der Waals surface area contributed by atoms with Gasteiger partial charge >= 0.3 is 0 Å². The van der Waals surface area contributed by atoms with Crippen LogP contribution in [-0.4, -0.2) is 12.7 Å². The van der Waals surface area contributed by atoms with Gasteiger partial charge in [0.15, 0.2) is 0 Å². The van der Waals surface area contributed by atoms with Crippen LogP contribution in [0.3, 0.4) is 0 Å². The molecule has 1 aromatic carbocycles. The van der Waals surface area contributed by atoms with Gasteiger partial charge in [0.2, 0.25) is 0 Å². The Kier molecular flexibility index (Phi) is 6.22. The lowest BCUT2D eigenvalue weighted by atomic mass is 9.82. The van der Waals surface area contributed by atoms with Gasteiger partial charge in [0.25, 0.3) is 0 Å². The van der Waals surface area contributed by atoms with Gasteiger partial charge in [-0.3, -0.25) is 11.3 Å². The highest BCUT2D eigenvalue weighted by Gasteiger charge is 2.39. The summed E-state index contributed by atoms with van der Waals surface area (Å²) in [5.41, 5.74) is 5.52. The van der Waals surface area contributed by atoms with Gasteiger partial charge in [0.1, 0.15) is 0 Å². The molecule has 0 spiro atoms. The third-order valence-corrected chi connectivity index (χ3v) is 4.87. The molecular weight excluding hydrogens is 260 g/mol. The Labute approximate surface area is 129 Å². The zero-order valence-electron chi connectivity index (χ0n) is 13.5. The summed E-state index contributed by atoms with van der Waals surface area (Å²) in [6.45, 7) is 2.22. The van der Waals surface area contributed by atoms with Crippen molar-refractivity contribution >= 4 is 0 Å². The molecule has 1 aromatic rings. The van der Waals surface area contributed by atoms with E-state index in [1.165, 1.54) is 43.2 Å². The number of hydrogen-bond donors (Lipinski definition) is 2. The minimum absolute atomic E-state index is 0.0670. The smallest absolute Gasteiger partial charge is 0.0885 e. The number of benzene rings is 1. The summed E-state index contributed by atoms with van der Waals surface area (Å²) in [6.07, 6.45) is 9.50. The summed E-state index contributed by atoms with van der Waals surface area (Å²) in [6, 6.07) is 8.88. The summed E-state index contributed by atoms with van der Waals surface area (Å²) in [5.74, 6) is 5.94. The van der Waals surface area contributed by atoms with Crippen molar-refractivity contribution < 1.29 is 4.74 Å². The van der Waals surface area contributed by atoms with Crippen molar-refractivity contribution in [3.8, 4) is 0 Å². The summed E-state index contributed by atoms with van der Waals surface area (Å²) in [5, 5.41) is 0. The average Bonchev–Trinajstić information content (AvgIpc) is 2.75. The SMILES string of the molecule is CCCc1cccc(C(NN)C2(OC)CCCCCC2)c1. The molecule has 1 aliphatic rings. The fourth-order valence-corrected chi connectivity index (χ4v) is 3.71. The molecule has 1 saturated carbocycles. The van der Waals surface area contributed by atoms with E-state index in [1.807, 2.05) is 7.11 Å². The maximum Gasteiger partial charge on any atom is 0.0885 e. The van der Waals surface area contributed by atoms with Crippen LogP contribution in [0, 0.1) is 0 Å². The highest BCUT2D eigenvalue weighted by molar-refractivity contribution is 5.28. The minimum atomic E-state index is -0.171. The van der Waals surface area contributed by atoms with E-state index in [-0.39, 0.29) is 11.6 Å². The first-order valence-electron chi connectivity index (χ1n) is 8.36. The van der Waals surface area contributed by atoms with Crippen LogP contribution in [0.2, 0.25) is 0 Å². The number of hydrogen-bond acceptors (Lipinski definition) is 3. The Bertz CT molecular complexity index is 425. The second-order valence-electron chi connectivity index (χ2n) is 6.28. The van der Waals surface area contributed by atoms with Crippen LogP contribution in [0.15, 0.2) is 24.3 Å². The zero-order chi connectivity index (χ0) is 15.1. The van der Waals surface area contributed by atoms with Crippen molar-refractivity contribution in [3.05, 3.63) is 35.4 Å². The van der Waals surface area contributed by atoms with Gasteiger partial charge in [0.05, 0.1) is 11.6 Å². The first-order chi connectivity index (χ1) is 10.3. The van der Waals surface area contributed by atoms with Crippen LogP contribution in [0.1, 0.15) is 69.0 Å². The lowest BCUT2D eigenvalue weighted by Crippen LogP contribution is -2.47. The van der Waals surface area contributed by atoms with Crippen molar-refractivity contribution in [3.63, 3.8) is 0 Å². The van der Waals surface area contributed by atoms with Gasteiger partial charge in [0, 0.05) is 7.11 Å². The molecular formula is C18H30N2O. The van der Waals surface area contributed by atoms with Crippen LogP contribution in [-0.2, 0) is 11.2 Å². The maximum absolute atomic E-state index is 6.02. The molecule has 0 aromatic heterocycles. The van der Waals surface area contributed by atoms with Crippen LogP contribution in [0.5, 0.6) is 0 Å². The molecule has 3 nitrogen and oxygen atoms in total. The molecule has 21 heavy (non-hydrogen) atoms. The van der Waals surface area contributed by atoms with Crippen LogP contribution >= 0.6 is 0 Å². The number of nitrogens with one attached hydrogen (secondary N) is 1. The van der Waals surface area contributed by atoms with Crippen LogP contribution in [0.4, 0.5) is 0 Å². The molecule has 0 radical (unpaired) electrons. The molecule has 0 bridgehead atoms. The Hall–Kier alpha value is -0.900. The quantitative estimate of drug-likeness (QED) is 0.475. The molecule has 1 aliphatic carbocycles. The number of ether oxygens (including phenoxy) is 1. The third-order valence-electron chi connectivity index (χ3n) is 4.87. The Morgan fingerprint density at radius 1 is 1.24 bits per heavy atom. The molecule has 0 saturated heterocycles. The molecule has 0 aliphatic heterocycles. The van der Waals surface area contributed by atoms with Gasteiger partial charge in [-0.1, -0.05) is 63.3 Å². The van der Waals surface area contributed by atoms with Crippen molar-refractivity contribution in [2.75, 3.05) is 7.11 Å². The van der Waals surface area contributed by atoms with E-state index in [0.29, 0.717) is 0 Å². The Balaban J connectivity index is 2.29. The predicted molar refractivity (Wildman–Crippen MR) is 87.9 cm³/mol. The lowest BCUT2D eigenvalue weighted by Gasteiger charge is -2.39. The van der Waals surface area contributed by atoms with E-state index in [4.69, 9.17) is 10.6 Å². The van der Waals surface area contributed by atoms with Crippen molar-refractivity contribution in [2.24, 2.45) is 5.84 Å². The second-order valence-corrected chi connectivity index (χ2v) is 6.28. The van der Waals surface area contributed by atoms with Gasteiger partial charge in [-0.05, 0) is 30.4 Å². The molecule has 3 N–H and O–H groups in total. The van der Waals surface area contributed by atoms with E-state index >= 15 is 0 Å². The van der Waals surface area contributed by atoms with Gasteiger partial charge in [-0.25, -0.2) is 0 Å². The predicted octanol–water partition coefficient (Wildman–Crippen LogP) is 3.88.